The van der Waals surface area contributed by atoms with E-state index in [0.29, 0.717) is 5.65 Å². The van der Waals surface area contributed by atoms with Crippen LogP contribution in [0.3, 0.4) is 0 Å². The minimum absolute atomic E-state index is 0.264. The molecule has 2 aromatic heterocycles. The van der Waals surface area contributed by atoms with Gasteiger partial charge in [-0.15, -0.1) is 0 Å². The number of carboxylic acid groups (broad SMARTS) is 1. The largest absolute Gasteiger partial charge is 0.480 e. The first kappa shape index (κ1) is 13.0. The van der Waals surface area contributed by atoms with Gasteiger partial charge in [0.25, 0.3) is 5.91 Å². The Bertz CT molecular complexity index is 662. The molecule has 2 aromatic rings. The molecule has 0 aliphatic carbocycles. The van der Waals surface area contributed by atoms with Crippen molar-refractivity contribution in [1.29, 1.82) is 0 Å². The standard InChI is InChI=1S/C12H14N4O3/c1-6-4-7(2)16-10(14-6)9(5-13-16)11(17)15-8(3)12(18)19/h4-5,8H,1-3H3,(H,15,17)(H,18,19)/t8-/m1/s1. The number of aromatic nitrogens is 3. The van der Waals surface area contributed by atoms with Crippen molar-refractivity contribution >= 4 is 17.5 Å². The molecule has 19 heavy (non-hydrogen) atoms. The molecule has 100 valence electrons. The Morgan fingerprint density at radius 2 is 2.11 bits per heavy atom. The summed E-state index contributed by atoms with van der Waals surface area (Å²) in [4.78, 5) is 27.0. The number of nitrogens with one attached hydrogen (secondary N) is 1. The van der Waals surface area contributed by atoms with Crippen molar-refractivity contribution in [2.45, 2.75) is 26.8 Å². The summed E-state index contributed by atoms with van der Waals surface area (Å²) in [5, 5.41) is 15.2. The Labute approximate surface area is 109 Å². The zero-order chi connectivity index (χ0) is 14.2. The number of aliphatic carboxylic acids is 1. The van der Waals surface area contributed by atoms with Crippen molar-refractivity contribution < 1.29 is 14.7 Å². The lowest BCUT2D eigenvalue weighted by molar-refractivity contribution is -0.138. The van der Waals surface area contributed by atoms with Gasteiger partial charge in [0, 0.05) is 11.4 Å². The van der Waals surface area contributed by atoms with E-state index in [9.17, 15) is 9.59 Å². The lowest BCUT2D eigenvalue weighted by atomic mass is 10.2. The number of hydrogen-bond donors (Lipinski definition) is 2. The monoisotopic (exact) mass is 262 g/mol. The number of carbonyl (C=O) groups is 2. The highest BCUT2D eigenvalue weighted by atomic mass is 16.4. The Balaban J connectivity index is 2.41. The van der Waals surface area contributed by atoms with Crippen LogP contribution in [-0.4, -0.2) is 37.6 Å². The molecule has 0 saturated heterocycles. The highest BCUT2D eigenvalue weighted by molar-refractivity contribution is 6.01. The zero-order valence-corrected chi connectivity index (χ0v) is 10.8. The van der Waals surface area contributed by atoms with E-state index in [2.05, 4.69) is 15.4 Å². The number of carboxylic acids is 1. The van der Waals surface area contributed by atoms with Crippen LogP contribution in [0.1, 0.15) is 28.7 Å². The van der Waals surface area contributed by atoms with E-state index in [1.165, 1.54) is 13.1 Å². The fraction of sp³-hybridized carbons (Fsp3) is 0.333. The molecule has 2 rings (SSSR count). The van der Waals surface area contributed by atoms with Crippen LogP contribution in [0.5, 0.6) is 0 Å². The van der Waals surface area contributed by atoms with Gasteiger partial charge in [0.2, 0.25) is 0 Å². The third-order valence-corrected chi connectivity index (χ3v) is 2.74. The summed E-state index contributed by atoms with van der Waals surface area (Å²) in [6.07, 6.45) is 1.39. The first-order valence-electron chi connectivity index (χ1n) is 5.76. The van der Waals surface area contributed by atoms with Crippen molar-refractivity contribution in [3.8, 4) is 0 Å². The highest BCUT2D eigenvalue weighted by Gasteiger charge is 2.19. The van der Waals surface area contributed by atoms with Gasteiger partial charge in [-0.2, -0.15) is 5.10 Å². The van der Waals surface area contributed by atoms with Crippen LogP contribution in [0.2, 0.25) is 0 Å². The molecule has 7 nitrogen and oxygen atoms in total. The molecule has 2 heterocycles. The Kier molecular flexibility index (Phi) is 3.20. The molecular formula is C12H14N4O3. The minimum atomic E-state index is -1.09. The molecule has 1 atom stereocenters. The first-order chi connectivity index (χ1) is 8.90. The maximum absolute atomic E-state index is 12.0. The van der Waals surface area contributed by atoms with Crippen LogP contribution in [-0.2, 0) is 4.79 Å². The van der Waals surface area contributed by atoms with Gasteiger partial charge < -0.3 is 10.4 Å². The second-order valence-electron chi connectivity index (χ2n) is 4.37. The summed E-state index contributed by atoms with van der Waals surface area (Å²) in [5.41, 5.74) is 2.31. The third-order valence-electron chi connectivity index (χ3n) is 2.74. The fourth-order valence-corrected chi connectivity index (χ4v) is 1.77. The molecule has 7 heteroatoms. The second-order valence-corrected chi connectivity index (χ2v) is 4.37. The summed E-state index contributed by atoms with van der Waals surface area (Å²) in [5.74, 6) is -1.59. The summed E-state index contributed by atoms with van der Waals surface area (Å²) in [6.45, 7) is 5.08. The number of carbonyl (C=O) groups excluding carboxylic acids is 1. The summed E-state index contributed by atoms with van der Waals surface area (Å²) in [7, 11) is 0. The van der Waals surface area contributed by atoms with Gasteiger partial charge in [0.05, 0.1) is 6.20 Å². The van der Waals surface area contributed by atoms with Gasteiger partial charge in [0.15, 0.2) is 5.65 Å². The first-order valence-corrected chi connectivity index (χ1v) is 5.76. The van der Waals surface area contributed by atoms with Gasteiger partial charge in [-0.25, -0.2) is 9.50 Å². The molecule has 0 bridgehead atoms. The predicted molar refractivity (Wildman–Crippen MR) is 67.0 cm³/mol. The van der Waals surface area contributed by atoms with Crippen LogP contribution in [0.4, 0.5) is 0 Å². The normalized spacial score (nSPS) is 12.4. The van der Waals surface area contributed by atoms with E-state index in [-0.39, 0.29) is 5.56 Å². The van der Waals surface area contributed by atoms with Crippen molar-refractivity contribution in [3.05, 3.63) is 29.2 Å². The number of rotatable bonds is 3. The lowest BCUT2D eigenvalue weighted by Gasteiger charge is -2.08. The van der Waals surface area contributed by atoms with Gasteiger partial charge in [-0.05, 0) is 26.8 Å². The quantitative estimate of drug-likeness (QED) is 0.842. The van der Waals surface area contributed by atoms with Crippen LogP contribution in [0.15, 0.2) is 12.3 Å². The maximum Gasteiger partial charge on any atom is 0.325 e. The van der Waals surface area contributed by atoms with Crippen LogP contribution in [0, 0.1) is 13.8 Å². The zero-order valence-electron chi connectivity index (χ0n) is 10.8. The molecule has 2 N–H and O–H groups in total. The lowest BCUT2D eigenvalue weighted by Crippen LogP contribution is -2.38. The molecule has 0 aliphatic heterocycles. The summed E-state index contributed by atoms with van der Waals surface area (Å²) < 4.78 is 1.55. The SMILES string of the molecule is Cc1cc(C)n2ncc(C(=O)N[C@H](C)C(=O)O)c2n1. The van der Waals surface area contributed by atoms with Gasteiger partial charge >= 0.3 is 5.97 Å². The number of fused-ring (bicyclic) bond motifs is 1. The van der Waals surface area contributed by atoms with Crippen molar-refractivity contribution in [3.63, 3.8) is 0 Å². The third kappa shape index (κ3) is 2.40. The van der Waals surface area contributed by atoms with Crippen LogP contribution >= 0.6 is 0 Å². The second kappa shape index (κ2) is 4.68. The van der Waals surface area contributed by atoms with Crippen molar-refractivity contribution in [1.82, 2.24) is 19.9 Å². The van der Waals surface area contributed by atoms with Crippen LogP contribution < -0.4 is 5.32 Å². The molecular weight excluding hydrogens is 248 g/mol. The molecule has 1 amide bonds. The van der Waals surface area contributed by atoms with Crippen molar-refractivity contribution in [2.75, 3.05) is 0 Å². The average molecular weight is 262 g/mol. The Morgan fingerprint density at radius 1 is 1.42 bits per heavy atom. The number of aryl methyl sites for hydroxylation is 2. The molecule has 0 saturated carbocycles. The topological polar surface area (TPSA) is 96.6 Å². The minimum Gasteiger partial charge on any atom is -0.480 e. The van der Waals surface area contributed by atoms with E-state index in [1.807, 2.05) is 19.9 Å². The highest BCUT2D eigenvalue weighted by Crippen LogP contribution is 2.11. The number of hydrogen-bond acceptors (Lipinski definition) is 4. The van der Waals surface area contributed by atoms with E-state index >= 15 is 0 Å². The molecule has 0 radical (unpaired) electrons. The number of amides is 1. The summed E-state index contributed by atoms with van der Waals surface area (Å²) in [6, 6.07) is 0.884. The molecule has 0 spiro atoms. The van der Waals surface area contributed by atoms with Crippen LogP contribution in [0.25, 0.3) is 5.65 Å². The fourth-order valence-electron chi connectivity index (χ4n) is 1.77. The Morgan fingerprint density at radius 3 is 2.74 bits per heavy atom. The van der Waals surface area contributed by atoms with Crippen molar-refractivity contribution in [2.24, 2.45) is 0 Å². The van der Waals surface area contributed by atoms with E-state index in [1.54, 1.807) is 4.52 Å². The van der Waals surface area contributed by atoms with Gasteiger partial charge in [0.1, 0.15) is 11.6 Å². The van der Waals surface area contributed by atoms with E-state index in [0.717, 1.165) is 11.4 Å². The molecule has 0 aliphatic rings. The van der Waals surface area contributed by atoms with E-state index < -0.39 is 17.9 Å². The Hall–Kier alpha value is -2.44. The summed E-state index contributed by atoms with van der Waals surface area (Å²) >= 11 is 0. The molecule has 0 fully saturated rings. The predicted octanol–water partition coefficient (Wildman–Crippen LogP) is 0.549. The maximum atomic E-state index is 12.0. The molecule has 0 aromatic carbocycles. The smallest absolute Gasteiger partial charge is 0.325 e. The number of nitrogens with zero attached hydrogens (tertiary/aromatic N) is 3. The van der Waals surface area contributed by atoms with Gasteiger partial charge in [-0.3, -0.25) is 9.59 Å². The van der Waals surface area contributed by atoms with E-state index in [4.69, 9.17) is 5.11 Å². The molecule has 0 unspecified atom stereocenters. The van der Waals surface area contributed by atoms with Gasteiger partial charge in [-0.1, -0.05) is 0 Å². The average Bonchev–Trinajstić information content (AvgIpc) is 2.72.